The van der Waals surface area contributed by atoms with Gasteiger partial charge in [-0.25, -0.2) is 0 Å². The van der Waals surface area contributed by atoms with Crippen LogP contribution in [0.25, 0.3) is 0 Å². The molecule has 3 nitrogen and oxygen atoms in total. The molecule has 13 heavy (non-hydrogen) atoms. The van der Waals surface area contributed by atoms with E-state index in [1.165, 1.54) is 5.70 Å². The summed E-state index contributed by atoms with van der Waals surface area (Å²) in [5, 5.41) is 3.32. The highest BCUT2D eigenvalue weighted by Gasteiger charge is 2.24. The van der Waals surface area contributed by atoms with E-state index in [0.29, 0.717) is 5.78 Å². The first-order chi connectivity index (χ1) is 6.29. The average molecular weight is 180 g/mol. The number of nitrogens with zero attached hydrogens (tertiary/aromatic N) is 1. The van der Waals surface area contributed by atoms with Crippen molar-refractivity contribution in [1.29, 1.82) is 0 Å². The maximum absolute atomic E-state index is 11.3. The predicted octanol–water partition coefficient (Wildman–Crippen LogP) is 0.528. The lowest BCUT2D eigenvalue weighted by Crippen LogP contribution is -2.42. The Labute approximate surface area is 78.8 Å². The molecule has 72 valence electrons. The lowest BCUT2D eigenvalue weighted by molar-refractivity contribution is -0.114. The summed E-state index contributed by atoms with van der Waals surface area (Å²) in [7, 11) is 0. The smallest absolute Gasteiger partial charge is 0.160 e. The molecule has 2 aliphatic rings. The Hall–Kier alpha value is -0.830. The van der Waals surface area contributed by atoms with Crippen LogP contribution >= 0.6 is 0 Å². The van der Waals surface area contributed by atoms with Gasteiger partial charge >= 0.3 is 0 Å². The van der Waals surface area contributed by atoms with Gasteiger partial charge in [-0.05, 0) is 13.3 Å². The van der Waals surface area contributed by atoms with E-state index in [0.717, 1.165) is 44.6 Å². The summed E-state index contributed by atoms with van der Waals surface area (Å²) in [6, 6.07) is 0. The van der Waals surface area contributed by atoms with Gasteiger partial charge in [-0.3, -0.25) is 4.79 Å². The third-order valence-electron chi connectivity index (χ3n) is 2.94. The third-order valence-corrected chi connectivity index (χ3v) is 2.94. The molecule has 1 fully saturated rings. The molecule has 1 heterocycles. The van der Waals surface area contributed by atoms with Crippen molar-refractivity contribution in [2.24, 2.45) is 0 Å². The molecule has 0 aromatic carbocycles. The second-order valence-electron chi connectivity index (χ2n) is 3.73. The molecular formula is C10H16N2O. The molecule has 0 saturated carbocycles. The maximum Gasteiger partial charge on any atom is 0.160 e. The number of carbonyl (C=O) groups is 1. The normalized spacial score (nSPS) is 24.4. The van der Waals surface area contributed by atoms with Gasteiger partial charge in [0.05, 0.1) is 0 Å². The summed E-state index contributed by atoms with van der Waals surface area (Å²) in [6.45, 7) is 6.17. The molecule has 0 aromatic rings. The fourth-order valence-electron chi connectivity index (χ4n) is 2.10. The highest BCUT2D eigenvalue weighted by molar-refractivity contribution is 5.97. The first-order valence-electron chi connectivity index (χ1n) is 4.97. The number of nitrogens with one attached hydrogen (secondary N) is 1. The average Bonchev–Trinajstić information content (AvgIpc) is 2.49. The summed E-state index contributed by atoms with van der Waals surface area (Å²) in [5.41, 5.74) is 2.30. The van der Waals surface area contributed by atoms with E-state index in [1.807, 2.05) is 6.92 Å². The highest BCUT2D eigenvalue weighted by atomic mass is 16.1. The van der Waals surface area contributed by atoms with Crippen LogP contribution in [0.4, 0.5) is 0 Å². The minimum Gasteiger partial charge on any atom is -0.372 e. The molecule has 1 N–H and O–H groups in total. The number of hydrogen-bond donors (Lipinski definition) is 1. The molecule has 3 heteroatoms. The van der Waals surface area contributed by atoms with Crippen LogP contribution in [0.3, 0.4) is 0 Å². The zero-order chi connectivity index (χ0) is 9.26. The number of allylic oxidation sites excluding steroid dienone is 2. The van der Waals surface area contributed by atoms with E-state index in [-0.39, 0.29) is 0 Å². The SMILES string of the molecule is CC1=C(N2CCNCC2)CCC1=O. The van der Waals surface area contributed by atoms with Gasteiger partial charge in [0.1, 0.15) is 0 Å². The largest absolute Gasteiger partial charge is 0.372 e. The van der Waals surface area contributed by atoms with Crippen molar-refractivity contribution >= 4 is 5.78 Å². The molecule has 0 radical (unpaired) electrons. The summed E-state index contributed by atoms with van der Waals surface area (Å²) >= 11 is 0. The second-order valence-corrected chi connectivity index (χ2v) is 3.73. The Morgan fingerprint density at radius 3 is 2.46 bits per heavy atom. The van der Waals surface area contributed by atoms with E-state index < -0.39 is 0 Å². The van der Waals surface area contributed by atoms with E-state index >= 15 is 0 Å². The topological polar surface area (TPSA) is 32.3 Å². The molecule has 0 amide bonds. The molecule has 2 rings (SSSR count). The van der Waals surface area contributed by atoms with E-state index in [1.54, 1.807) is 0 Å². The summed E-state index contributed by atoms with van der Waals surface area (Å²) in [4.78, 5) is 13.7. The lowest BCUT2D eigenvalue weighted by atomic mass is 10.2. The third kappa shape index (κ3) is 1.61. The number of Topliss-reactive ketones (excluding diaryl/α,β-unsaturated/α-hetero) is 1. The van der Waals surface area contributed by atoms with Crippen molar-refractivity contribution in [1.82, 2.24) is 10.2 Å². The fraction of sp³-hybridized carbons (Fsp3) is 0.700. The first-order valence-corrected chi connectivity index (χ1v) is 4.97. The zero-order valence-electron chi connectivity index (χ0n) is 8.10. The van der Waals surface area contributed by atoms with Gasteiger partial charge in [-0.1, -0.05) is 0 Å². The Balaban J connectivity index is 2.11. The minimum atomic E-state index is 0.341. The van der Waals surface area contributed by atoms with Crippen molar-refractivity contribution in [3.05, 3.63) is 11.3 Å². The van der Waals surface area contributed by atoms with Crippen LogP contribution in [0.2, 0.25) is 0 Å². The van der Waals surface area contributed by atoms with Gasteiger partial charge in [-0.2, -0.15) is 0 Å². The molecule has 1 saturated heterocycles. The Morgan fingerprint density at radius 2 is 1.92 bits per heavy atom. The van der Waals surface area contributed by atoms with E-state index in [2.05, 4.69) is 10.2 Å². The van der Waals surface area contributed by atoms with Crippen molar-refractivity contribution in [2.45, 2.75) is 19.8 Å². The van der Waals surface area contributed by atoms with Gasteiger partial charge in [0.25, 0.3) is 0 Å². The van der Waals surface area contributed by atoms with Crippen LogP contribution in [-0.2, 0) is 4.79 Å². The first kappa shape index (κ1) is 8.75. The Kier molecular flexibility index (Phi) is 2.36. The second kappa shape index (κ2) is 3.50. The number of hydrogen-bond acceptors (Lipinski definition) is 3. The number of piperazine rings is 1. The zero-order valence-corrected chi connectivity index (χ0v) is 8.10. The molecule has 0 spiro atoms. The number of carbonyl (C=O) groups excluding carboxylic acids is 1. The van der Waals surface area contributed by atoms with Gasteiger partial charge < -0.3 is 10.2 Å². The van der Waals surface area contributed by atoms with Crippen molar-refractivity contribution < 1.29 is 4.79 Å². The molecule has 1 aliphatic carbocycles. The molecule has 1 aliphatic heterocycles. The molecule has 0 aromatic heterocycles. The van der Waals surface area contributed by atoms with Gasteiger partial charge in [0.2, 0.25) is 0 Å². The molecule has 0 bridgehead atoms. The summed E-state index contributed by atoms with van der Waals surface area (Å²) in [5.74, 6) is 0.341. The van der Waals surface area contributed by atoms with Crippen molar-refractivity contribution in [3.63, 3.8) is 0 Å². The van der Waals surface area contributed by atoms with Crippen molar-refractivity contribution in [2.75, 3.05) is 26.2 Å². The lowest BCUT2D eigenvalue weighted by Gasteiger charge is -2.30. The maximum atomic E-state index is 11.3. The van der Waals surface area contributed by atoms with E-state index in [4.69, 9.17) is 0 Å². The van der Waals surface area contributed by atoms with Gasteiger partial charge in [-0.15, -0.1) is 0 Å². The van der Waals surface area contributed by atoms with E-state index in [9.17, 15) is 4.79 Å². The van der Waals surface area contributed by atoms with Crippen LogP contribution < -0.4 is 5.32 Å². The van der Waals surface area contributed by atoms with Gasteiger partial charge in [0, 0.05) is 43.9 Å². The van der Waals surface area contributed by atoms with Crippen LogP contribution in [0.1, 0.15) is 19.8 Å². The molecular weight excluding hydrogens is 164 g/mol. The Morgan fingerprint density at radius 1 is 1.23 bits per heavy atom. The van der Waals surface area contributed by atoms with Crippen LogP contribution in [0.5, 0.6) is 0 Å². The van der Waals surface area contributed by atoms with Gasteiger partial charge in [0.15, 0.2) is 5.78 Å². The molecule has 0 unspecified atom stereocenters. The van der Waals surface area contributed by atoms with Crippen LogP contribution in [-0.4, -0.2) is 36.9 Å². The number of rotatable bonds is 1. The number of ketones is 1. The Bertz CT molecular complexity index is 252. The molecule has 0 atom stereocenters. The predicted molar refractivity (Wildman–Crippen MR) is 51.4 cm³/mol. The quantitative estimate of drug-likeness (QED) is 0.639. The standard InChI is InChI=1S/C10H16N2O/c1-8-9(2-3-10(8)13)12-6-4-11-5-7-12/h11H,2-7H2,1H3. The van der Waals surface area contributed by atoms with Crippen molar-refractivity contribution in [3.8, 4) is 0 Å². The minimum absolute atomic E-state index is 0.341. The monoisotopic (exact) mass is 180 g/mol. The summed E-state index contributed by atoms with van der Waals surface area (Å²) < 4.78 is 0. The highest BCUT2D eigenvalue weighted by Crippen LogP contribution is 2.25. The van der Waals surface area contributed by atoms with Crippen LogP contribution in [0, 0.1) is 0 Å². The fourth-order valence-corrected chi connectivity index (χ4v) is 2.10. The summed E-state index contributed by atoms with van der Waals surface area (Å²) in [6.07, 6.45) is 1.69. The van der Waals surface area contributed by atoms with Crippen LogP contribution in [0.15, 0.2) is 11.3 Å².